The largest absolute Gasteiger partial charge is 0.329 e. The van der Waals surface area contributed by atoms with E-state index in [1.807, 2.05) is 45.0 Å². The monoisotopic (exact) mass is 383 g/mol. The second kappa shape index (κ2) is 7.53. The van der Waals surface area contributed by atoms with Crippen molar-refractivity contribution in [3.63, 3.8) is 0 Å². The molecule has 0 saturated heterocycles. The lowest BCUT2D eigenvalue weighted by Crippen LogP contribution is -2.37. The highest BCUT2D eigenvalue weighted by Crippen LogP contribution is 2.23. The summed E-state index contributed by atoms with van der Waals surface area (Å²) in [6.07, 6.45) is 0. The minimum Gasteiger partial charge on any atom is -0.329 e. The average Bonchev–Trinajstić information content (AvgIpc) is 2.65. The molecule has 0 bridgehead atoms. The van der Waals surface area contributed by atoms with Gasteiger partial charge in [-0.15, -0.1) is 0 Å². The summed E-state index contributed by atoms with van der Waals surface area (Å²) < 4.78 is 1.51. The van der Waals surface area contributed by atoms with E-state index in [0.29, 0.717) is 33.9 Å². The van der Waals surface area contributed by atoms with Crippen LogP contribution in [0.2, 0.25) is 5.02 Å². The normalized spacial score (nSPS) is 12.2. The topological polar surface area (TPSA) is 55.2 Å². The molecule has 27 heavy (non-hydrogen) atoms. The number of amides is 1. The van der Waals surface area contributed by atoms with Crippen molar-refractivity contribution >= 4 is 28.4 Å². The number of carbonyl (C=O) groups excluding carboxylic acids is 1. The summed E-state index contributed by atoms with van der Waals surface area (Å²) in [5, 5.41) is 1.02. The fourth-order valence-electron chi connectivity index (χ4n) is 3.23. The van der Waals surface area contributed by atoms with Crippen LogP contribution in [0.3, 0.4) is 0 Å². The molecular formula is C21H22ClN3O2. The van der Waals surface area contributed by atoms with Gasteiger partial charge < -0.3 is 4.90 Å². The van der Waals surface area contributed by atoms with E-state index in [-0.39, 0.29) is 17.5 Å². The van der Waals surface area contributed by atoms with E-state index in [1.165, 1.54) is 4.57 Å². The summed E-state index contributed by atoms with van der Waals surface area (Å²) in [5.74, 6) is 0.433. The molecule has 140 valence electrons. The first-order valence-corrected chi connectivity index (χ1v) is 9.25. The van der Waals surface area contributed by atoms with E-state index in [2.05, 4.69) is 4.98 Å². The standard InChI is InChI=1S/C21H22ClN3O2/c1-5-25(20(26)15-8-6-13(2)7-9-15)14(3)19-23-18-12-16(22)10-11-17(18)21(27)24(19)4/h6-12,14H,5H2,1-4H3. The van der Waals surface area contributed by atoms with Crippen LogP contribution in [0.4, 0.5) is 0 Å². The van der Waals surface area contributed by atoms with Crippen LogP contribution in [0.1, 0.15) is 41.6 Å². The van der Waals surface area contributed by atoms with Crippen LogP contribution < -0.4 is 5.56 Å². The molecule has 0 radical (unpaired) electrons. The molecular weight excluding hydrogens is 362 g/mol. The molecule has 3 rings (SSSR count). The third kappa shape index (κ3) is 3.60. The third-order valence-corrected chi connectivity index (χ3v) is 5.05. The van der Waals surface area contributed by atoms with E-state index >= 15 is 0 Å². The Labute approximate surface area is 163 Å². The van der Waals surface area contributed by atoms with Gasteiger partial charge in [0.05, 0.1) is 16.9 Å². The lowest BCUT2D eigenvalue weighted by molar-refractivity contribution is 0.0692. The van der Waals surface area contributed by atoms with Crippen LogP contribution in [0.25, 0.3) is 10.9 Å². The minimum atomic E-state index is -0.370. The summed E-state index contributed by atoms with van der Waals surface area (Å²) >= 11 is 6.06. The van der Waals surface area contributed by atoms with Gasteiger partial charge in [0.25, 0.3) is 11.5 Å². The summed E-state index contributed by atoms with van der Waals surface area (Å²) in [4.78, 5) is 32.1. The van der Waals surface area contributed by atoms with Crippen molar-refractivity contribution in [3.05, 3.63) is 74.8 Å². The van der Waals surface area contributed by atoms with Gasteiger partial charge in [-0.25, -0.2) is 4.98 Å². The van der Waals surface area contributed by atoms with Crippen molar-refractivity contribution in [2.45, 2.75) is 26.8 Å². The lowest BCUT2D eigenvalue weighted by atomic mass is 10.1. The number of nitrogens with zero attached hydrogens (tertiary/aromatic N) is 3. The zero-order valence-electron chi connectivity index (χ0n) is 15.9. The van der Waals surface area contributed by atoms with Gasteiger partial charge in [0, 0.05) is 24.2 Å². The van der Waals surface area contributed by atoms with E-state index in [0.717, 1.165) is 5.56 Å². The van der Waals surface area contributed by atoms with Gasteiger partial charge in [-0.05, 0) is 51.1 Å². The number of carbonyl (C=O) groups is 1. The van der Waals surface area contributed by atoms with Gasteiger partial charge >= 0.3 is 0 Å². The van der Waals surface area contributed by atoms with Gasteiger partial charge in [0.2, 0.25) is 0 Å². The number of aryl methyl sites for hydroxylation is 1. The fourth-order valence-corrected chi connectivity index (χ4v) is 3.40. The zero-order valence-corrected chi connectivity index (χ0v) is 16.6. The molecule has 0 aliphatic rings. The van der Waals surface area contributed by atoms with Crippen LogP contribution in [0.15, 0.2) is 47.3 Å². The van der Waals surface area contributed by atoms with Crippen LogP contribution in [0.5, 0.6) is 0 Å². The number of rotatable bonds is 4. The molecule has 1 amide bonds. The molecule has 1 aromatic heterocycles. The first kappa shape index (κ1) is 19.1. The van der Waals surface area contributed by atoms with Crippen LogP contribution in [-0.2, 0) is 7.05 Å². The SMILES string of the molecule is CCN(C(=O)c1ccc(C)cc1)C(C)c1nc2cc(Cl)ccc2c(=O)n1C. The average molecular weight is 384 g/mol. The van der Waals surface area contributed by atoms with Gasteiger partial charge in [0.1, 0.15) is 5.82 Å². The Morgan fingerprint density at radius 3 is 2.52 bits per heavy atom. The van der Waals surface area contributed by atoms with E-state index in [4.69, 9.17) is 11.6 Å². The molecule has 6 heteroatoms. The molecule has 0 aliphatic carbocycles. The molecule has 1 heterocycles. The van der Waals surface area contributed by atoms with Crippen molar-refractivity contribution < 1.29 is 4.79 Å². The number of aromatic nitrogens is 2. The second-order valence-corrected chi connectivity index (χ2v) is 7.07. The molecule has 0 N–H and O–H groups in total. The predicted octanol–water partition coefficient (Wildman–Crippen LogP) is 4.12. The van der Waals surface area contributed by atoms with E-state index < -0.39 is 0 Å². The van der Waals surface area contributed by atoms with Gasteiger partial charge in [-0.3, -0.25) is 14.2 Å². The number of hydrogen-bond donors (Lipinski definition) is 0. The molecule has 1 unspecified atom stereocenters. The van der Waals surface area contributed by atoms with Crippen molar-refractivity contribution in [1.29, 1.82) is 0 Å². The Hall–Kier alpha value is -2.66. The van der Waals surface area contributed by atoms with Crippen molar-refractivity contribution in [2.24, 2.45) is 7.05 Å². The molecule has 3 aromatic rings. The Bertz CT molecular complexity index is 1060. The van der Waals surface area contributed by atoms with E-state index in [9.17, 15) is 9.59 Å². The molecule has 5 nitrogen and oxygen atoms in total. The highest BCUT2D eigenvalue weighted by atomic mass is 35.5. The Kier molecular flexibility index (Phi) is 5.33. The first-order chi connectivity index (χ1) is 12.8. The lowest BCUT2D eigenvalue weighted by Gasteiger charge is -2.29. The maximum absolute atomic E-state index is 13.0. The number of benzene rings is 2. The van der Waals surface area contributed by atoms with Gasteiger partial charge in [-0.2, -0.15) is 0 Å². The maximum atomic E-state index is 13.0. The number of hydrogen-bond acceptors (Lipinski definition) is 3. The van der Waals surface area contributed by atoms with Crippen LogP contribution >= 0.6 is 11.6 Å². The Balaban J connectivity index is 2.06. The highest BCUT2D eigenvalue weighted by Gasteiger charge is 2.25. The summed E-state index contributed by atoms with van der Waals surface area (Å²) in [5.41, 5.74) is 2.09. The summed E-state index contributed by atoms with van der Waals surface area (Å²) in [6.45, 7) is 6.28. The quantitative estimate of drug-likeness (QED) is 0.681. The molecule has 0 fully saturated rings. The molecule has 2 aromatic carbocycles. The van der Waals surface area contributed by atoms with Crippen molar-refractivity contribution in [2.75, 3.05) is 6.54 Å². The number of fused-ring (bicyclic) bond motifs is 1. The maximum Gasteiger partial charge on any atom is 0.261 e. The molecule has 1 atom stereocenters. The molecule has 0 aliphatic heterocycles. The van der Waals surface area contributed by atoms with Crippen LogP contribution in [-0.4, -0.2) is 26.9 Å². The van der Waals surface area contributed by atoms with Gasteiger partial charge in [0.15, 0.2) is 0 Å². The van der Waals surface area contributed by atoms with Crippen LogP contribution in [0, 0.1) is 6.92 Å². The Morgan fingerprint density at radius 2 is 1.89 bits per heavy atom. The second-order valence-electron chi connectivity index (χ2n) is 6.63. The third-order valence-electron chi connectivity index (χ3n) is 4.81. The highest BCUT2D eigenvalue weighted by molar-refractivity contribution is 6.31. The summed E-state index contributed by atoms with van der Waals surface area (Å²) in [7, 11) is 1.68. The van der Waals surface area contributed by atoms with E-state index in [1.54, 1.807) is 30.1 Å². The Morgan fingerprint density at radius 1 is 1.22 bits per heavy atom. The van der Waals surface area contributed by atoms with Gasteiger partial charge in [-0.1, -0.05) is 29.3 Å². The fraction of sp³-hybridized carbons (Fsp3) is 0.286. The molecule has 0 spiro atoms. The smallest absolute Gasteiger partial charge is 0.261 e. The van der Waals surface area contributed by atoms with Crippen molar-refractivity contribution in [3.8, 4) is 0 Å². The zero-order chi connectivity index (χ0) is 19.7. The number of halogens is 1. The molecule has 0 saturated carbocycles. The first-order valence-electron chi connectivity index (χ1n) is 8.87. The minimum absolute atomic E-state index is 0.0922. The van der Waals surface area contributed by atoms with Crippen molar-refractivity contribution in [1.82, 2.24) is 14.5 Å². The summed E-state index contributed by atoms with van der Waals surface area (Å²) in [6, 6.07) is 12.1. The predicted molar refractivity (Wildman–Crippen MR) is 108 cm³/mol.